The average molecular weight is 407 g/mol. The van der Waals surface area contributed by atoms with Crippen molar-refractivity contribution in [1.82, 2.24) is 9.55 Å². The molecule has 0 radical (unpaired) electrons. The van der Waals surface area contributed by atoms with Crippen LogP contribution < -0.4 is 9.47 Å². The van der Waals surface area contributed by atoms with E-state index in [-0.39, 0.29) is 0 Å². The highest BCUT2D eigenvalue weighted by atomic mass is 35.5. The van der Waals surface area contributed by atoms with E-state index in [9.17, 15) is 0 Å². The number of fused-ring (bicyclic) bond motifs is 1. The second-order valence-electron chi connectivity index (χ2n) is 6.98. The van der Waals surface area contributed by atoms with E-state index in [4.69, 9.17) is 26.1 Å². The number of imidazole rings is 1. The molecular weight excluding hydrogens is 384 g/mol. The Labute approximate surface area is 175 Å². The van der Waals surface area contributed by atoms with Gasteiger partial charge in [-0.05, 0) is 61.4 Å². The lowest BCUT2D eigenvalue weighted by Crippen LogP contribution is -2.13. The van der Waals surface area contributed by atoms with Crippen molar-refractivity contribution in [3.05, 3.63) is 88.7 Å². The Morgan fingerprint density at radius 2 is 1.69 bits per heavy atom. The Kier molecular flexibility index (Phi) is 5.72. The predicted molar refractivity (Wildman–Crippen MR) is 117 cm³/mol. The van der Waals surface area contributed by atoms with Gasteiger partial charge in [-0.2, -0.15) is 0 Å². The minimum absolute atomic E-state index is 0.402. The van der Waals surface area contributed by atoms with Gasteiger partial charge in [0, 0.05) is 5.02 Å². The topological polar surface area (TPSA) is 36.3 Å². The molecule has 3 aromatic carbocycles. The summed E-state index contributed by atoms with van der Waals surface area (Å²) < 4.78 is 14.2. The second kappa shape index (κ2) is 8.58. The van der Waals surface area contributed by atoms with E-state index in [2.05, 4.69) is 10.6 Å². The molecule has 0 saturated heterocycles. The maximum atomic E-state index is 6.10. The second-order valence-corrected chi connectivity index (χ2v) is 7.39. The number of nitrogens with zero attached hydrogens (tertiary/aromatic N) is 2. The van der Waals surface area contributed by atoms with Gasteiger partial charge in [-0.25, -0.2) is 4.98 Å². The largest absolute Gasteiger partial charge is 0.492 e. The number of rotatable bonds is 7. The highest BCUT2D eigenvalue weighted by Crippen LogP contribution is 2.23. The van der Waals surface area contributed by atoms with E-state index in [1.807, 2.05) is 74.5 Å². The third kappa shape index (κ3) is 4.38. The van der Waals surface area contributed by atoms with E-state index in [1.165, 1.54) is 0 Å². The van der Waals surface area contributed by atoms with Crippen molar-refractivity contribution in [3.63, 3.8) is 0 Å². The van der Waals surface area contributed by atoms with Crippen LogP contribution in [-0.4, -0.2) is 16.2 Å². The van der Waals surface area contributed by atoms with Gasteiger partial charge in [0.1, 0.15) is 30.5 Å². The molecule has 0 aliphatic heterocycles. The summed E-state index contributed by atoms with van der Waals surface area (Å²) in [5.41, 5.74) is 4.14. The summed E-state index contributed by atoms with van der Waals surface area (Å²) in [5, 5.41) is 0.744. The smallest absolute Gasteiger partial charge is 0.148 e. The molecule has 5 heteroatoms. The molecule has 0 saturated carbocycles. The number of halogens is 1. The Morgan fingerprint density at radius 3 is 2.52 bits per heavy atom. The molecule has 0 aliphatic rings. The molecule has 1 heterocycles. The highest BCUT2D eigenvalue weighted by molar-refractivity contribution is 6.31. The molecular formula is C24H23ClN2O2. The van der Waals surface area contributed by atoms with Crippen LogP contribution in [0, 0.1) is 13.8 Å². The summed E-state index contributed by atoms with van der Waals surface area (Å²) >= 11 is 6.10. The van der Waals surface area contributed by atoms with Crippen LogP contribution in [0.3, 0.4) is 0 Å². The molecule has 4 nitrogen and oxygen atoms in total. The van der Waals surface area contributed by atoms with E-state index in [0.717, 1.165) is 44.5 Å². The summed E-state index contributed by atoms with van der Waals surface area (Å²) in [5.74, 6) is 2.57. The van der Waals surface area contributed by atoms with E-state index in [1.54, 1.807) is 0 Å². The highest BCUT2D eigenvalue weighted by Gasteiger charge is 2.12. The van der Waals surface area contributed by atoms with E-state index >= 15 is 0 Å². The monoisotopic (exact) mass is 406 g/mol. The molecule has 0 unspecified atom stereocenters. The van der Waals surface area contributed by atoms with Crippen molar-refractivity contribution < 1.29 is 9.47 Å². The fourth-order valence-corrected chi connectivity index (χ4v) is 3.43. The van der Waals surface area contributed by atoms with Crippen LogP contribution in [0.1, 0.15) is 17.0 Å². The molecule has 4 aromatic rings. The van der Waals surface area contributed by atoms with Gasteiger partial charge >= 0.3 is 0 Å². The molecule has 0 spiro atoms. The van der Waals surface area contributed by atoms with Crippen LogP contribution in [0.25, 0.3) is 11.0 Å². The lowest BCUT2D eigenvalue weighted by atomic mass is 10.2. The molecule has 0 N–H and O–H groups in total. The SMILES string of the molecule is Cc1cc(OCCn2c(COc3ccccc3C)nc3ccccc32)ccc1Cl. The Morgan fingerprint density at radius 1 is 0.897 bits per heavy atom. The number of benzene rings is 3. The lowest BCUT2D eigenvalue weighted by molar-refractivity contribution is 0.271. The Hall–Kier alpha value is -2.98. The van der Waals surface area contributed by atoms with Crippen molar-refractivity contribution >= 4 is 22.6 Å². The Balaban J connectivity index is 1.51. The van der Waals surface area contributed by atoms with Crippen LogP contribution in [0.4, 0.5) is 0 Å². The summed E-state index contributed by atoms with van der Waals surface area (Å²) in [6.07, 6.45) is 0. The molecule has 1 aromatic heterocycles. The van der Waals surface area contributed by atoms with Crippen molar-refractivity contribution in [1.29, 1.82) is 0 Å². The number of ether oxygens (including phenoxy) is 2. The first-order chi connectivity index (χ1) is 14.1. The fraction of sp³-hybridized carbons (Fsp3) is 0.208. The minimum atomic E-state index is 0.402. The summed E-state index contributed by atoms with van der Waals surface area (Å²) in [7, 11) is 0. The molecule has 0 atom stereocenters. The van der Waals surface area contributed by atoms with Crippen molar-refractivity contribution in [2.75, 3.05) is 6.61 Å². The van der Waals surface area contributed by atoms with Gasteiger partial charge in [0.25, 0.3) is 0 Å². The molecule has 4 rings (SSSR count). The van der Waals surface area contributed by atoms with Gasteiger partial charge in [0.2, 0.25) is 0 Å². The standard InChI is InChI=1S/C24H23ClN2O2/c1-17-7-3-6-10-23(17)29-16-24-26-21-8-4-5-9-22(21)27(24)13-14-28-19-11-12-20(25)18(2)15-19/h3-12,15H,13-14,16H2,1-2H3. The van der Waals surface area contributed by atoms with Crippen molar-refractivity contribution in [3.8, 4) is 11.5 Å². The first-order valence-corrected chi connectivity index (χ1v) is 10.0. The first kappa shape index (κ1) is 19.3. The van der Waals surface area contributed by atoms with Crippen LogP contribution in [-0.2, 0) is 13.2 Å². The van der Waals surface area contributed by atoms with Gasteiger partial charge in [0.05, 0.1) is 17.6 Å². The molecule has 148 valence electrons. The van der Waals surface area contributed by atoms with Gasteiger partial charge in [-0.15, -0.1) is 0 Å². The first-order valence-electron chi connectivity index (χ1n) is 9.63. The number of para-hydroxylation sites is 3. The van der Waals surface area contributed by atoms with Gasteiger partial charge < -0.3 is 14.0 Å². The third-order valence-electron chi connectivity index (χ3n) is 4.90. The third-order valence-corrected chi connectivity index (χ3v) is 5.32. The predicted octanol–water partition coefficient (Wildman–Crippen LogP) is 5.96. The molecule has 0 fully saturated rings. The van der Waals surface area contributed by atoms with Crippen LogP contribution >= 0.6 is 11.6 Å². The van der Waals surface area contributed by atoms with Gasteiger partial charge in [0.15, 0.2) is 0 Å². The summed E-state index contributed by atoms with van der Waals surface area (Å²) in [6.45, 7) is 5.62. The normalized spacial score (nSPS) is 11.0. The minimum Gasteiger partial charge on any atom is -0.492 e. The number of hydrogen-bond donors (Lipinski definition) is 0. The average Bonchev–Trinajstić information content (AvgIpc) is 3.08. The maximum absolute atomic E-state index is 6.10. The molecule has 0 aliphatic carbocycles. The fourth-order valence-electron chi connectivity index (χ4n) is 3.31. The summed E-state index contributed by atoms with van der Waals surface area (Å²) in [6, 6.07) is 21.8. The summed E-state index contributed by atoms with van der Waals surface area (Å²) in [4.78, 5) is 4.77. The van der Waals surface area contributed by atoms with Crippen molar-refractivity contribution in [2.45, 2.75) is 27.0 Å². The number of aryl methyl sites for hydroxylation is 2. The zero-order valence-electron chi connectivity index (χ0n) is 16.6. The van der Waals surface area contributed by atoms with Crippen LogP contribution in [0.2, 0.25) is 5.02 Å². The number of aromatic nitrogens is 2. The zero-order valence-corrected chi connectivity index (χ0v) is 17.3. The zero-order chi connectivity index (χ0) is 20.2. The van der Waals surface area contributed by atoms with Crippen LogP contribution in [0.15, 0.2) is 66.7 Å². The Bertz CT molecular complexity index is 1140. The van der Waals surface area contributed by atoms with Gasteiger partial charge in [-0.1, -0.05) is 41.9 Å². The lowest BCUT2D eigenvalue weighted by Gasteiger charge is -2.13. The number of hydrogen-bond acceptors (Lipinski definition) is 3. The maximum Gasteiger partial charge on any atom is 0.148 e. The van der Waals surface area contributed by atoms with E-state index < -0.39 is 0 Å². The van der Waals surface area contributed by atoms with Crippen LogP contribution in [0.5, 0.6) is 11.5 Å². The quantitative estimate of drug-likeness (QED) is 0.379. The van der Waals surface area contributed by atoms with E-state index in [0.29, 0.717) is 19.8 Å². The molecule has 29 heavy (non-hydrogen) atoms. The van der Waals surface area contributed by atoms with Crippen molar-refractivity contribution in [2.24, 2.45) is 0 Å². The molecule has 0 bridgehead atoms. The van der Waals surface area contributed by atoms with Gasteiger partial charge in [-0.3, -0.25) is 0 Å². The molecule has 0 amide bonds.